The van der Waals surface area contributed by atoms with Gasteiger partial charge in [-0.25, -0.2) is 4.98 Å². The third-order valence-corrected chi connectivity index (χ3v) is 3.12. The van der Waals surface area contributed by atoms with Crippen molar-refractivity contribution >= 4 is 11.6 Å². The van der Waals surface area contributed by atoms with Crippen molar-refractivity contribution in [2.75, 3.05) is 0 Å². The summed E-state index contributed by atoms with van der Waals surface area (Å²) < 4.78 is 0. The second-order valence-corrected chi connectivity index (χ2v) is 4.69. The maximum absolute atomic E-state index is 8.81. The molecule has 1 aromatic rings. The molecule has 0 fully saturated rings. The topological polar surface area (TPSA) is 36.7 Å². The van der Waals surface area contributed by atoms with Crippen LogP contribution in [0.1, 0.15) is 37.1 Å². The summed E-state index contributed by atoms with van der Waals surface area (Å²) in [5, 5.41) is 9.14. The zero-order chi connectivity index (χ0) is 10.3. The van der Waals surface area contributed by atoms with Crippen molar-refractivity contribution in [3.8, 4) is 6.07 Å². The Kier molecular flexibility index (Phi) is 2.01. The van der Waals surface area contributed by atoms with Crippen molar-refractivity contribution in [3.05, 3.63) is 28.0 Å². The second-order valence-electron chi connectivity index (χ2n) is 4.33. The van der Waals surface area contributed by atoms with Crippen LogP contribution >= 0.6 is 11.6 Å². The van der Waals surface area contributed by atoms with Gasteiger partial charge in [0.1, 0.15) is 11.2 Å². The molecule has 14 heavy (non-hydrogen) atoms. The predicted octanol–water partition coefficient (Wildman–Crippen LogP) is 2.83. The minimum Gasteiger partial charge on any atom is -0.239 e. The smallest absolute Gasteiger partial charge is 0.147 e. The lowest BCUT2D eigenvalue weighted by Gasteiger charge is -2.17. The molecule has 0 unspecified atom stereocenters. The molecule has 0 amide bonds. The Labute approximate surface area is 88.5 Å². The molecule has 1 aliphatic carbocycles. The van der Waals surface area contributed by atoms with Crippen LogP contribution in [-0.4, -0.2) is 4.98 Å². The number of hydrogen-bond acceptors (Lipinski definition) is 2. The molecule has 1 aliphatic rings. The Morgan fingerprint density at radius 1 is 1.57 bits per heavy atom. The molecule has 1 aromatic heterocycles. The van der Waals surface area contributed by atoms with E-state index in [4.69, 9.17) is 16.9 Å². The Morgan fingerprint density at radius 2 is 2.29 bits per heavy atom. The van der Waals surface area contributed by atoms with E-state index >= 15 is 0 Å². The van der Waals surface area contributed by atoms with Crippen LogP contribution in [0.25, 0.3) is 0 Å². The van der Waals surface area contributed by atoms with E-state index in [1.807, 2.05) is 6.07 Å². The number of fused-ring (bicyclic) bond motifs is 1. The average Bonchev–Trinajstić information content (AvgIpc) is 2.42. The fourth-order valence-electron chi connectivity index (χ4n) is 1.95. The third-order valence-electron chi connectivity index (χ3n) is 2.84. The summed E-state index contributed by atoms with van der Waals surface area (Å²) in [6, 6.07) is 3.93. The first-order valence-electron chi connectivity index (χ1n) is 4.64. The summed E-state index contributed by atoms with van der Waals surface area (Å²) in [6.45, 7) is 4.32. The van der Waals surface area contributed by atoms with E-state index in [0.717, 1.165) is 18.5 Å². The van der Waals surface area contributed by atoms with Crippen LogP contribution in [0.4, 0.5) is 0 Å². The van der Waals surface area contributed by atoms with Crippen LogP contribution in [0, 0.1) is 11.3 Å². The molecule has 0 aromatic carbocycles. The first-order valence-corrected chi connectivity index (χ1v) is 5.02. The van der Waals surface area contributed by atoms with E-state index < -0.39 is 0 Å². The summed E-state index contributed by atoms with van der Waals surface area (Å²) in [6.07, 6.45) is 2.09. The van der Waals surface area contributed by atoms with Crippen molar-refractivity contribution in [1.29, 1.82) is 5.26 Å². The largest absolute Gasteiger partial charge is 0.239 e. The Morgan fingerprint density at radius 3 is 2.93 bits per heavy atom. The highest BCUT2D eigenvalue weighted by molar-refractivity contribution is 6.30. The maximum Gasteiger partial charge on any atom is 0.147 e. The van der Waals surface area contributed by atoms with E-state index in [1.54, 1.807) is 0 Å². The van der Waals surface area contributed by atoms with Gasteiger partial charge in [0.05, 0.1) is 11.3 Å². The average molecular weight is 207 g/mol. The van der Waals surface area contributed by atoms with Gasteiger partial charge in [0.15, 0.2) is 0 Å². The number of aromatic nitrogens is 1. The van der Waals surface area contributed by atoms with Gasteiger partial charge in [-0.15, -0.1) is 0 Å². The SMILES string of the molecule is CC1(C)CCc2cc(C#N)c(Cl)nc21. The summed E-state index contributed by atoms with van der Waals surface area (Å²) >= 11 is 5.90. The van der Waals surface area contributed by atoms with Crippen molar-refractivity contribution in [2.24, 2.45) is 0 Å². The molecule has 0 atom stereocenters. The lowest BCUT2D eigenvalue weighted by Crippen LogP contribution is -2.14. The zero-order valence-corrected chi connectivity index (χ0v) is 9.02. The third kappa shape index (κ3) is 1.29. The Hall–Kier alpha value is -1.07. The number of aryl methyl sites for hydroxylation is 1. The number of nitriles is 1. The van der Waals surface area contributed by atoms with Gasteiger partial charge >= 0.3 is 0 Å². The van der Waals surface area contributed by atoms with Crippen molar-refractivity contribution in [1.82, 2.24) is 4.98 Å². The highest BCUT2D eigenvalue weighted by Crippen LogP contribution is 2.38. The fourth-order valence-corrected chi connectivity index (χ4v) is 2.13. The molecule has 72 valence electrons. The van der Waals surface area contributed by atoms with Crippen LogP contribution in [0.5, 0.6) is 0 Å². The van der Waals surface area contributed by atoms with E-state index in [-0.39, 0.29) is 5.41 Å². The molecule has 0 aliphatic heterocycles. The molecule has 0 spiro atoms. The van der Waals surface area contributed by atoms with Gasteiger partial charge in [-0.3, -0.25) is 0 Å². The predicted molar refractivity (Wildman–Crippen MR) is 55.3 cm³/mol. The Bertz CT molecular complexity index is 430. The molecular formula is C11H11ClN2. The molecule has 0 radical (unpaired) electrons. The van der Waals surface area contributed by atoms with Gasteiger partial charge in [-0.05, 0) is 24.5 Å². The number of nitrogens with zero attached hydrogens (tertiary/aromatic N) is 2. The number of pyridine rings is 1. The van der Waals surface area contributed by atoms with Gasteiger partial charge in [0, 0.05) is 5.41 Å². The van der Waals surface area contributed by atoms with Crippen molar-refractivity contribution < 1.29 is 0 Å². The van der Waals surface area contributed by atoms with Gasteiger partial charge < -0.3 is 0 Å². The first-order chi connectivity index (χ1) is 6.54. The van der Waals surface area contributed by atoms with E-state index in [0.29, 0.717) is 10.7 Å². The van der Waals surface area contributed by atoms with Crippen LogP contribution < -0.4 is 0 Å². The summed E-state index contributed by atoms with van der Waals surface area (Å²) in [4.78, 5) is 4.32. The maximum atomic E-state index is 8.81. The minimum atomic E-state index is 0.104. The highest BCUT2D eigenvalue weighted by atomic mass is 35.5. The van der Waals surface area contributed by atoms with Gasteiger partial charge in [0.2, 0.25) is 0 Å². The van der Waals surface area contributed by atoms with E-state index in [9.17, 15) is 0 Å². The summed E-state index contributed by atoms with van der Waals surface area (Å²) in [5.74, 6) is 0. The molecule has 0 saturated heterocycles. The summed E-state index contributed by atoms with van der Waals surface area (Å²) in [5.41, 5.74) is 2.83. The molecule has 2 rings (SSSR count). The highest BCUT2D eigenvalue weighted by Gasteiger charge is 2.32. The molecule has 0 saturated carbocycles. The normalized spacial score (nSPS) is 17.6. The van der Waals surface area contributed by atoms with Crippen LogP contribution in [-0.2, 0) is 11.8 Å². The molecule has 1 heterocycles. The monoisotopic (exact) mass is 206 g/mol. The minimum absolute atomic E-state index is 0.104. The van der Waals surface area contributed by atoms with Gasteiger partial charge in [0.25, 0.3) is 0 Å². The fraction of sp³-hybridized carbons (Fsp3) is 0.455. The molecule has 0 bridgehead atoms. The summed E-state index contributed by atoms with van der Waals surface area (Å²) in [7, 11) is 0. The first kappa shape index (κ1) is 9.48. The second kappa shape index (κ2) is 2.96. The van der Waals surface area contributed by atoms with Crippen LogP contribution in [0.3, 0.4) is 0 Å². The lowest BCUT2D eigenvalue weighted by atomic mass is 9.90. The van der Waals surface area contributed by atoms with Crippen molar-refractivity contribution in [2.45, 2.75) is 32.1 Å². The standard InChI is InChI=1S/C11H11ClN2/c1-11(2)4-3-7-5-8(6-13)10(12)14-9(7)11/h5H,3-4H2,1-2H3. The molecule has 3 heteroatoms. The van der Waals surface area contributed by atoms with E-state index in [1.165, 1.54) is 5.56 Å². The quantitative estimate of drug-likeness (QED) is 0.612. The molecule has 0 N–H and O–H groups in total. The number of halogens is 1. The zero-order valence-electron chi connectivity index (χ0n) is 8.26. The molecule has 2 nitrogen and oxygen atoms in total. The van der Waals surface area contributed by atoms with E-state index in [2.05, 4.69) is 24.9 Å². The van der Waals surface area contributed by atoms with Gasteiger partial charge in [-0.2, -0.15) is 5.26 Å². The van der Waals surface area contributed by atoms with Crippen LogP contribution in [0.15, 0.2) is 6.07 Å². The Balaban J connectivity index is 2.62. The van der Waals surface area contributed by atoms with Crippen molar-refractivity contribution in [3.63, 3.8) is 0 Å². The molecular weight excluding hydrogens is 196 g/mol. The number of hydrogen-bond donors (Lipinski definition) is 0. The number of rotatable bonds is 0. The lowest BCUT2D eigenvalue weighted by molar-refractivity contribution is 0.509. The van der Waals surface area contributed by atoms with Crippen LogP contribution in [0.2, 0.25) is 5.15 Å². The van der Waals surface area contributed by atoms with Gasteiger partial charge in [-0.1, -0.05) is 25.4 Å².